The molecule has 0 saturated heterocycles. The van der Waals surface area contributed by atoms with Crippen molar-refractivity contribution >= 4 is 23.2 Å². The second-order valence-electron chi connectivity index (χ2n) is 7.71. The maximum atomic E-state index is 12.9. The van der Waals surface area contributed by atoms with E-state index < -0.39 is 12.1 Å². The van der Waals surface area contributed by atoms with E-state index in [1.807, 2.05) is 4.90 Å². The fourth-order valence-electron chi connectivity index (χ4n) is 3.28. The smallest absolute Gasteiger partial charge is 0.357 e. The van der Waals surface area contributed by atoms with Crippen LogP contribution in [0.15, 0.2) is 5.38 Å². The van der Waals surface area contributed by atoms with Crippen molar-refractivity contribution in [3.05, 3.63) is 16.1 Å². The summed E-state index contributed by atoms with van der Waals surface area (Å²) < 4.78 is 4.97. The van der Waals surface area contributed by atoms with Gasteiger partial charge in [0.1, 0.15) is 11.1 Å². The number of unbranched alkanes of at least 4 members (excludes halogenated alkanes) is 3. The largest absolute Gasteiger partial charge is 0.461 e. The van der Waals surface area contributed by atoms with E-state index in [4.69, 9.17) is 11.2 Å². The normalized spacial score (nSPS) is 13.0. The molecule has 1 heterocycles. The maximum absolute atomic E-state index is 12.9. The first kappa shape index (κ1) is 26.1. The molecular formula is C23H36N2O4S. The molecule has 1 N–H and O–H groups in total. The minimum Gasteiger partial charge on any atom is -0.461 e. The zero-order chi connectivity index (χ0) is 22.5. The number of aliphatic hydroxyl groups excluding tert-OH is 1. The van der Waals surface area contributed by atoms with E-state index in [1.54, 1.807) is 12.3 Å². The average molecular weight is 437 g/mol. The lowest BCUT2D eigenvalue weighted by Gasteiger charge is -2.36. The third kappa shape index (κ3) is 8.45. The number of thiazole rings is 1. The number of hydrogen-bond acceptors (Lipinski definition) is 6. The monoisotopic (exact) mass is 436 g/mol. The van der Waals surface area contributed by atoms with E-state index in [0.717, 1.165) is 25.7 Å². The predicted octanol–water partition coefficient (Wildman–Crippen LogP) is 4.59. The number of ether oxygens (including phenoxy) is 1. The first-order valence-corrected chi connectivity index (χ1v) is 11.8. The van der Waals surface area contributed by atoms with Crippen LogP contribution in [0.2, 0.25) is 0 Å². The van der Waals surface area contributed by atoms with Crippen LogP contribution in [0.1, 0.15) is 94.2 Å². The van der Waals surface area contributed by atoms with Crippen LogP contribution in [0, 0.1) is 18.3 Å². The number of hydrogen-bond donors (Lipinski definition) is 1. The molecule has 0 bridgehead atoms. The minimum atomic E-state index is -0.849. The zero-order valence-electron chi connectivity index (χ0n) is 18.7. The van der Waals surface area contributed by atoms with Crippen molar-refractivity contribution in [3.8, 4) is 12.3 Å². The lowest BCUT2D eigenvalue weighted by molar-refractivity contribution is -0.135. The highest BCUT2D eigenvalue weighted by Gasteiger charge is 2.29. The Hall–Kier alpha value is -1.91. The number of amides is 1. The Morgan fingerprint density at radius 2 is 2.03 bits per heavy atom. The molecule has 0 aliphatic carbocycles. The van der Waals surface area contributed by atoms with Gasteiger partial charge >= 0.3 is 5.97 Å². The molecule has 1 amide bonds. The van der Waals surface area contributed by atoms with E-state index in [2.05, 4.69) is 31.7 Å². The van der Waals surface area contributed by atoms with Crippen LogP contribution in [0.3, 0.4) is 0 Å². The molecule has 0 spiro atoms. The maximum Gasteiger partial charge on any atom is 0.357 e. The fourth-order valence-corrected chi connectivity index (χ4v) is 4.07. The van der Waals surface area contributed by atoms with E-state index >= 15 is 0 Å². The van der Waals surface area contributed by atoms with Crippen molar-refractivity contribution < 1.29 is 19.4 Å². The van der Waals surface area contributed by atoms with Crippen molar-refractivity contribution in [1.29, 1.82) is 0 Å². The molecule has 6 nitrogen and oxygen atoms in total. The molecule has 1 rings (SSSR count). The molecule has 30 heavy (non-hydrogen) atoms. The lowest BCUT2D eigenvalue weighted by Crippen LogP contribution is -2.44. The third-order valence-corrected chi connectivity index (χ3v) is 5.91. The van der Waals surface area contributed by atoms with Gasteiger partial charge in [-0.2, -0.15) is 0 Å². The first-order valence-electron chi connectivity index (χ1n) is 10.9. The number of aliphatic hydroxyl groups is 1. The molecule has 0 aromatic carbocycles. The summed E-state index contributed by atoms with van der Waals surface area (Å²) in [4.78, 5) is 30.9. The minimum absolute atomic E-state index is 0.120. The summed E-state index contributed by atoms with van der Waals surface area (Å²) in [6.45, 7) is 8.83. The molecule has 0 aliphatic heterocycles. The van der Waals surface area contributed by atoms with Crippen molar-refractivity contribution in [2.45, 2.75) is 84.8 Å². The summed E-state index contributed by atoms with van der Waals surface area (Å²) in [7, 11) is 0. The van der Waals surface area contributed by atoms with Gasteiger partial charge in [0.15, 0.2) is 5.69 Å². The summed E-state index contributed by atoms with van der Waals surface area (Å²) in [5.41, 5.74) is 0.210. The fraction of sp³-hybridized carbons (Fsp3) is 0.696. The Kier molecular flexibility index (Phi) is 12.3. The van der Waals surface area contributed by atoms with Crippen LogP contribution < -0.4 is 0 Å². The molecule has 0 aliphatic rings. The summed E-state index contributed by atoms with van der Waals surface area (Å²) in [5.74, 6) is 2.44. The van der Waals surface area contributed by atoms with Gasteiger partial charge in [-0.15, -0.1) is 23.7 Å². The Morgan fingerprint density at radius 3 is 2.63 bits per heavy atom. The number of nitrogens with zero attached hydrogens (tertiary/aromatic N) is 2. The van der Waals surface area contributed by atoms with Crippen LogP contribution in [-0.4, -0.2) is 46.1 Å². The molecule has 0 saturated carbocycles. The van der Waals surface area contributed by atoms with Crippen LogP contribution in [0.5, 0.6) is 0 Å². The van der Waals surface area contributed by atoms with Crippen LogP contribution in [0.4, 0.5) is 0 Å². The summed E-state index contributed by atoms with van der Waals surface area (Å²) in [6, 6.07) is -0.120. The Morgan fingerprint density at radius 1 is 1.30 bits per heavy atom. The summed E-state index contributed by atoms with van der Waals surface area (Å²) in [5, 5.41) is 12.9. The number of aromatic nitrogens is 1. The van der Waals surface area contributed by atoms with Crippen LogP contribution >= 0.6 is 11.3 Å². The molecule has 2 atom stereocenters. The van der Waals surface area contributed by atoms with Crippen molar-refractivity contribution in [1.82, 2.24) is 9.88 Å². The Balaban J connectivity index is 2.93. The van der Waals surface area contributed by atoms with E-state index in [9.17, 15) is 14.7 Å². The SMILES string of the molecule is C#CCCCCN(C(=O)CCCC)C(CC(O)c1nc(C(=O)OCC)cs1)C(C)C. The van der Waals surface area contributed by atoms with Crippen molar-refractivity contribution in [3.63, 3.8) is 0 Å². The molecule has 1 aromatic heterocycles. The average Bonchev–Trinajstić information content (AvgIpc) is 3.21. The molecule has 168 valence electrons. The standard InChI is InChI=1S/C23H36N2O4S/c1-6-9-11-12-14-25(21(27)13-10-7-2)19(17(4)5)15-20(26)22-24-18(16-30-22)23(28)29-8-3/h1,16-17,19-20,26H,7-15H2,2-5H3. The Bertz CT molecular complexity index is 696. The van der Waals surface area contributed by atoms with Gasteiger partial charge < -0.3 is 14.7 Å². The van der Waals surface area contributed by atoms with Crippen LogP contribution in [-0.2, 0) is 9.53 Å². The number of esters is 1. The van der Waals surface area contributed by atoms with E-state index in [0.29, 0.717) is 30.8 Å². The number of terminal acetylenes is 1. The topological polar surface area (TPSA) is 79.7 Å². The van der Waals surface area contributed by atoms with Gasteiger partial charge in [0.25, 0.3) is 0 Å². The lowest BCUT2D eigenvalue weighted by atomic mass is 9.95. The van der Waals surface area contributed by atoms with Gasteiger partial charge in [-0.1, -0.05) is 27.2 Å². The highest BCUT2D eigenvalue weighted by atomic mass is 32.1. The van der Waals surface area contributed by atoms with E-state index in [1.165, 1.54) is 11.3 Å². The molecule has 0 radical (unpaired) electrons. The molecule has 0 fully saturated rings. The second-order valence-corrected chi connectivity index (χ2v) is 8.60. The molecule has 7 heteroatoms. The molecular weight excluding hydrogens is 400 g/mol. The number of carbonyl (C=O) groups is 2. The van der Waals surface area contributed by atoms with Gasteiger partial charge in [0.2, 0.25) is 5.91 Å². The second kappa shape index (κ2) is 14.2. The Labute approximate surface area is 185 Å². The quantitative estimate of drug-likeness (QED) is 0.262. The van der Waals surface area contributed by atoms with Gasteiger partial charge in [0.05, 0.1) is 6.61 Å². The van der Waals surface area contributed by atoms with Gasteiger partial charge in [-0.05, 0) is 32.1 Å². The van der Waals surface area contributed by atoms with Gasteiger partial charge in [-0.25, -0.2) is 9.78 Å². The predicted molar refractivity (Wildman–Crippen MR) is 120 cm³/mol. The van der Waals surface area contributed by atoms with Gasteiger partial charge in [0, 0.05) is 37.2 Å². The van der Waals surface area contributed by atoms with Crippen LogP contribution in [0.25, 0.3) is 0 Å². The first-order chi connectivity index (χ1) is 14.3. The number of rotatable bonds is 14. The summed E-state index contributed by atoms with van der Waals surface area (Å²) in [6.07, 6.45) is 9.60. The van der Waals surface area contributed by atoms with Crippen molar-refractivity contribution in [2.75, 3.05) is 13.2 Å². The molecule has 2 unspecified atom stereocenters. The van der Waals surface area contributed by atoms with E-state index in [-0.39, 0.29) is 30.2 Å². The highest BCUT2D eigenvalue weighted by Crippen LogP contribution is 2.28. The third-order valence-electron chi connectivity index (χ3n) is 4.96. The highest BCUT2D eigenvalue weighted by molar-refractivity contribution is 7.09. The number of carbonyl (C=O) groups excluding carboxylic acids is 2. The van der Waals surface area contributed by atoms with Gasteiger partial charge in [-0.3, -0.25) is 4.79 Å². The zero-order valence-corrected chi connectivity index (χ0v) is 19.5. The summed E-state index contributed by atoms with van der Waals surface area (Å²) >= 11 is 1.24. The van der Waals surface area contributed by atoms with Crippen molar-refractivity contribution in [2.24, 2.45) is 5.92 Å². The molecule has 1 aromatic rings.